The summed E-state index contributed by atoms with van der Waals surface area (Å²) in [6, 6.07) is 30.7. The van der Waals surface area contributed by atoms with Crippen molar-refractivity contribution in [2.75, 3.05) is 125 Å². The van der Waals surface area contributed by atoms with Gasteiger partial charge in [-0.3, -0.25) is 24.2 Å². The molecule has 27 heteroatoms. The minimum absolute atomic E-state index is 0.0381. The number of Topliss-reactive ketones (excluding diaryl/α,β-unsaturated/α-hetero) is 2. The zero-order chi connectivity index (χ0) is 75.8. The highest BCUT2D eigenvalue weighted by molar-refractivity contribution is 6.09. The molecule has 5 aromatic carbocycles. The van der Waals surface area contributed by atoms with Crippen LogP contribution in [0.2, 0.25) is 0 Å². The lowest BCUT2D eigenvalue weighted by Gasteiger charge is -2.36. The zero-order valence-electron chi connectivity index (χ0n) is 61.4. The fourth-order valence-electron chi connectivity index (χ4n) is 13.5. The maximum atomic E-state index is 13.8. The number of rotatable bonds is 36. The van der Waals surface area contributed by atoms with E-state index in [4.69, 9.17) is 51.4 Å². The van der Waals surface area contributed by atoms with Crippen molar-refractivity contribution in [2.45, 2.75) is 137 Å². The molecule has 107 heavy (non-hydrogen) atoms. The number of esters is 1. The molecule has 2 aliphatic heterocycles. The number of ether oxygens (including phenoxy) is 3. The maximum Gasteiger partial charge on any atom is 0.319 e. The summed E-state index contributed by atoms with van der Waals surface area (Å²) >= 11 is 0. The van der Waals surface area contributed by atoms with E-state index in [1.807, 2.05) is 24.3 Å². The van der Waals surface area contributed by atoms with Gasteiger partial charge in [0.15, 0.2) is 23.3 Å². The Morgan fingerprint density at radius 2 is 1.07 bits per heavy atom. The van der Waals surface area contributed by atoms with E-state index < -0.39 is 35.0 Å². The lowest BCUT2D eigenvalue weighted by atomic mass is 10.0. The van der Waals surface area contributed by atoms with E-state index >= 15 is 0 Å². The van der Waals surface area contributed by atoms with Gasteiger partial charge in [0.1, 0.15) is 34.2 Å². The van der Waals surface area contributed by atoms with Crippen molar-refractivity contribution >= 4 is 96.1 Å². The number of nitrogen functional groups attached to an aromatic ring is 2. The average Bonchev–Trinajstić information content (AvgIpc) is 1.65. The molecule has 0 bridgehead atoms. The summed E-state index contributed by atoms with van der Waals surface area (Å²) in [5.74, 6) is -6.14. The quantitative estimate of drug-likeness (QED) is 0.00932. The Balaban J connectivity index is 0.000000232. The van der Waals surface area contributed by atoms with E-state index in [2.05, 4.69) is 94.4 Å². The van der Waals surface area contributed by atoms with Crippen LogP contribution < -0.4 is 36.6 Å². The standard InChI is InChI=1S/C41H45F4N9O4.C39H51N7O3/c1-2-3-9-33-51-37-38(54(33)14-5-4-13-48-41(56)49-27-8-6-7-26(22-27)25-46)29-23-28(10-11-32(29)50-40(37)47)53-17-15-52(16-18-53)19-21-57-20-12-34(55)58-39-35(44)30(42)24-31(43)36(39)45;1-3-4-13-36-43-37-38(46(36)17-8-6-5-7-12-33(48)26-30-10-9-11-31(25-30)28-40)34-27-32(14-15-35(34)42-39(37)41)45-20-18-44(19-21-45)22-24-49-23-16-29(2)47/h6-8,10-11,22-24H,2-5,9,12-21H2,1H3,(H2,47,50)(H2,48,49,56);9-11,14-15,25,27H,3-8,12-13,16-24,26H2,1-2H3,(H2,41,42). The third-order valence-electron chi connectivity index (χ3n) is 19.3. The first-order valence-electron chi connectivity index (χ1n) is 37.3. The van der Waals surface area contributed by atoms with Gasteiger partial charge in [-0.2, -0.15) is 19.3 Å². The number of fused-ring (bicyclic) bond motifs is 6. The van der Waals surface area contributed by atoms with Gasteiger partial charge in [-0.15, -0.1) is 0 Å². The maximum absolute atomic E-state index is 13.8. The number of imidazole rings is 2. The molecule has 2 saturated heterocycles. The van der Waals surface area contributed by atoms with Crippen LogP contribution in [-0.2, 0) is 56.2 Å². The number of nitriles is 2. The van der Waals surface area contributed by atoms with E-state index in [9.17, 15) is 36.7 Å². The molecule has 2 fully saturated rings. The van der Waals surface area contributed by atoms with Crippen LogP contribution in [0.15, 0.2) is 91.0 Å². The number of carbonyl (C=O) groups excluding carboxylic acids is 4. The minimum atomic E-state index is -1.78. The molecule has 9 aromatic rings. The van der Waals surface area contributed by atoms with Crippen molar-refractivity contribution in [3.63, 3.8) is 0 Å². The van der Waals surface area contributed by atoms with Crippen LogP contribution in [0, 0.1) is 45.9 Å². The molecular weight excluding hydrogens is 1370 g/mol. The lowest BCUT2D eigenvalue weighted by molar-refractivity contribution is -0.136. The summed E-state index contributed by atoms with van der Waals surface area (Å²) in [5, 5.41) is 26.0. The molecule has 2 amide bonds. The smallest absolute Gasteiger partial charge is 0.319 e. The van der Waals surface area contributed by atoms with Crippen molar-refractivity contribution < 1.29 is 51.0 Å². The van der Waals surface area contributed by atoms with Gasteiger partial charge in [-0.25, -0.2) is 33.5 Å². The van der Waals surface area contributed by atoms with Crippen LogP contribution in [-0.4, -0.2) is 161 Å². The molecule has 0 radical (unpaired) electrons. The van der Waals surface area contributed by atoms with Gasteiger partial charge < -0.3 is 55.2 Å². The largest absolute Gasteiger partial charge is 0.420 e. The van der Waals surface area contributed by atoms with E-state index in [1.54, 1.807) is 43.3 Å². The summed E-state index contributed by atoms with van der Waals surface area (Å²) in [7, 11) is 0. The number of pyridine rings is 2. The second-order valence-corrected chi connectivity index (χ2v) is 27.2. The van der Waals surface area contributed by atoms with Crippen molar-refractivity contribution in [1.82, 2.24) is 44.2 Å². The molecule has 11 rings (SSSR count). The molecule has 566 valence electrons. The monoisotopic (exact) mass is 1470 g/mol. The molecule has 0 spiro atoms. The van der Waals surface area contributed by atoms with Gasteiger partial charge in [-0.1, -0.05) is 57.7 Å². The average molecular weight is 1470 g/mol. The number of nitrogens with zero attached hydrogens (tertiary/aromatic N) is 12. The SMILES string of the molecule is CCCCc1nc2c(N)nc3ccc(N4CCN(CCOCCC(=O)Oc5c(F)c(F)cc(F)c5F)CC4)cc3c2n1CCCCNC(=O)Nc1cccc(C#N)c1.CCCCc1nc2c(N)nc3ccc(N4CCN(CCOCCC(C)=O)CC4)cc3c2n1CCCCCCC(=O)Cc1cccc(C#N)c1. The lowest BCUT2D eigenvalue weighted by Crippen LogP contribution is -2.47. The Kier molecular flexibility index (Phi) is 29.1. The number of anilines is 5. The molecule has 23 nitrogen and oxygen atoms in total. The van der Waals surface area contributed by atoms with Crippen LogP contribution >= 0.6 is 0 Å². The number of piperazine rings is 2. The topological polar surface area (TPSA) is 294 Å². The van der Waals surface area contributed by atoms with Gasteiger partial charge >= 0.3 is 12.0 Å². The Hall–Kier alpha value is -10.3. The third kappa shape index (κ3) is 21.7. The fraction of sp³-hybridized carbons (Fsp3) is 0.450. The number of carbonyl (C=O) groups is 4. The number of ketones is 2. The molecule has 6 heterocycles. The normalized spacial score (nSPS) is 13.4. The summed E-state index contributed by atoms with van der Waals surface area (Å²) in [6.07, 6.45) is 12.3. The molecule has 6 N–H and O–H groups in total. The van der Waals surface area contributed by atoms with E-state index in [0.717, 1.165) is 204 Å². The second kappa shape index (κ2) is 39.3. The van der Waals surface area contributed by atoms with Crippen LogP contribution in [0.5, 0.6) is 5.75 Å². The third-order valence-corrected chi connectivity index (χ3v) is 19.3. The Bertz CT molecular complexity index is 4630. The number of aryl methyl sites for hydroxylation is 4. The van der Waals surface area contributed by atoms with Gasteiger partial charge in [0, 0.05) is 151 Å². The van der Waals surface area contributed by atoms with Gasteiger partial charge in [-0.05, 0) is 118 Å². The highest BCUT2D eigenvalue weighted by atomic mass is 19.2. The van der Waals surface area contributed by atoms with Gasteiger partial charge in [0.05, 0.1) is 78.2 Å². The minimum Gasteiger partial charge on any atom is -0.420 e. The molecule has 0 saturated carbocycles. The number of benzene rings is 5. The van der Waals surface area contributed by atoms with E-state index in [0.29, 0.717) is 86.1 Å². The number of hydrogen-bond donors (Lipinski definition) is 4. The first-order chi connectivity index (χ1) is 51.9. The molecular formula is C80H96F4N16O7. The van der Waals surface area contributed by atoms with Gasteiger partial charge in [0.25, 0.3) is 0 Å². The van der Waals surface area contributed by atoms with Crippen molar-refractivity contribution in [3.8, 4) is 17.9 Å². The number of nitrogens with one attached hydrogen (secondary N) is 2. The molecule has 0 atom stereocenters. The summed E-state index contributed by atoms with van der Waals surface area (Å²) < 4.78 is 74.7. The fourth-order valence-corrected chi connectivity index (χ4v) is 13.5. The number of unbranched alkanes of at least 4 members (excludes halogenated alkanes) is 6. The molecule has 0 aliphatic carbocycles. The number of amides is 2. The Labute approximate surface area is 621 Å². The number of urea groups is 1. The highest BCUT2D eigenvalue weighted by Gasteiger charge is 2.26. The van der Waals surface area contributed by atoms with Crippen molar-refractivity contribution in [2.24, 2.45) is 0 Å². The zero-order valence-corrected chi connectivity index (χ0v) is 61.4. The summed E-state index contributed by atoms with van der Waals surface area (Å²) in [5.41, 5.74) is 22.9. The summed E-state index contributed by atoms with van der Waals surface area (Å²) in [4.78, 5) is 77.1. The number of nitrogens with two attached hydrogens (primary N) is 2. The second-order valence-electron chi connectivity index (χ2n) is 27.2. The van der Waals surface area contributed by atoms with Crippen molar-refractivity contribution in [1.29, 1.82) is 10.5 Å². The number of hydrogen-bond acceptors (Lipinski definition) is 19. The predicted molar refractivity (Wildman–Crippen MR) is 407 cm³/mol. The van der Waals surface area contributed by atoms with Crippen LogP contribution in [0.3, 0.4) is 0 Å². The van der Waals surface area contributed by atoms with Crippen LogP contribution in [0.25, 0.3) is 43.9 Å². The summed E-state index contributed by atoms with van der Waals surface area (Å²) in [6.45, 7) is 17.5. The number of aromatic nitrogens is 6. The first kappa shape index (κ1) is 79.2. The van der Waals surface area contributed by atoms with E-state index in [-0.39, 0.29) is 43.3 Å². The molecule has 0 unspecified atom stereocenters. The molecule has 4 aromatic heterocycles. The molecule has 2 aliphatic rings. The van der Waals surface area contributed by atoms with Crippen LogP contribution in [0.1, 0.15) is 133 Å². The van der Waals surface area contributed by atoms with E-state index in [1.165, 1.54) is 5.69 Å². The first-order valence-corrected chi connectivity index (χ1v) is 37.3. The Morgan fingerprint density at radius 1 is 0.551 bits per heavy atom. The van der Waals surface area contributed by atoms with Gasteiger partial charge in [0.2, 0.25) is 17.4 Å². The predicted octanol–water partition coefficient (Wildman–Crippen LogP) is 12.9. The highest BCUT2D eigenvalue weighted by Crippen LogP contribution is 2.36. The van der Waals surface area contributed by atoms with Crippen molar-refractivity contribution in [3.05, 3.63) is 143 Å². The Morgan fingerprint density at radius 3 is 1.60 bits per heavy atom. The van der Waals surface area contributed by atoms with Crippen LogP contribution in [0.4, 0.5) is 51.1 Å². The number of halogens is 4.